The molecule has 2 atom stereocenters. The third kappa shape index (κ3) is 9.40. The number of aliphatic carboxylic acids is 1. The second kappa shape index (κ2) is 10.7. The van der Waals surface area contributed by atoms with E-state index in [4.69, 9.17) is 22.3 Å². The van der Waals surface area contributed by atoms with Gasteiger partial charge in [-0.3, -0.25) is 9.59 Å². The summed E-state index contributed by atoms with van der Waals surface area (Å²) in [5.41, 5.74) is 16.4. The molecule has 8 N–H and O–H groups in total. The first kappa shape index (κ1) is 17.8. The molecule has 1 amide bonds. The minimum absolute atomic E-state index is 0.167. The zero-order chi connectivity index (χ0) is 14.7. The van der Waals surface area contributed by atoms with Crippen molar-refractivity contribution in [2.45, 2.75) is 50.6 Å². The monoisotopic (exact) mass is 274 g/mol. The first-order valence-corrected chi connectivity index (χ1v) is 6.70. The Balaban J connectivity index is 3.54. The fraction of sp³-hybridized carbons (Fsp3) is 0.833. The summed E-state index contributed by atoms with van der Waals surface area (Å²) in [7, 11) is 0. The van der Waals surface area contributed by atoms with E-state index in [0.717, 1.165) is 12.8 Å². The van der Waals surface area contributed by atoms with Gasteiger partial charge < -0.3 is 27.6 Å². The molecule has 0 saturated heterocycles. The van der Waals surface area contributed by atoms with Crippen LogP contribution in [0.25, 0.3) is 0 Å². The minimum atomic E-state index is -0.994. The molecule has 0 aliphatic heterocycles. The highest BCUT2D eigenvalue weighted by Crippen LogP contribution is 2.00. The number of hydrogen-bond acceptors (Lipinski definition) is 5. The highest BCUT2D eigenvalue weighted by atomic mass is 16.4. The van der Waals surface area contributed by atoms with Gasteiger partial charge in [0.2, 0.25) is 5.91 Å². The van der Waals surface area contributed by atoms with Gasteiger partial charge in [-0.2, -0.15) is 0 Å². The van der Waals surface area contributed by atoms with E-state index >= 15 is 0 Å². The van der Waals surface area contributed by atoms with Crippen molar-refractivity contribution in [1.82, 2.24) is 5.32 Å². The van der Waals surface area contributed by atoms with Crippen LogP contribution >= 0.6 is 0 Å². The number of carbonyl (C=O) groups is 2. The quantitative estimate of drug-likeness (QED) is 0.310. The van der Waals surface area contributed by atoms with Crippen LogP contribution in [0, 0.1) is 0 Å². The molecule has 0 aromatic rings. The Labute approximate surface area is 113 Å². The smallest absolute Gasteiger partial charge is 0.320 e. The summed E-state index contributed by atoms with van der Waals surface area (Å²) in [5.74, 6) is -1.16. The minimum Gasteiger partial charge on any atom is -0.480 e. The third-order valence-electron chi connectivity index (χ3n) is 2.86. The fourth-order valence-corrected chi connectivity index (χ4v) is 1.60. The Morgan fingerprint density at radius 1 is 1.00 bits per heavy atom. The highest BCUT2D eigenvalue weighted by molar-refractivity contribution is 5.81. The van der Waals surface area contributed by atoms with Crippen LogP contribution in [0.5, 0.6) is 0 Å². The van der Waals surface area contributed by atoms with Gasteiger partial charge in [0.1, 0.15) is 6.04 Å². The second-order valence-electron chi connectivity index (χ2n) is 4.62. The Morgan fingerprint density at radius 3 is 2.16 bits per heavy atom. The van der Waals surface area contributed by atoms with E-state index in [1.807, 2.05) is 0 Å². The average Bonchev–Trinajstić information content (AvgIpc) is 2.37. The molecule has 7 nitrogen and oxygen atoms in total. The van der Waals surface area contributed by atoms with Gasteiger partial charge in [-0.15, -0.1) is 0 Å². The van der Waals surface area contributed by atoms with Gasteiger partial charge in [0.05, 0.1) is 6.04 Å². The van der Waals surface area contributed by atoms with Crippen molar-refractivity contribution in [2.75, 3.05) is 13.1 Å². The maximum atomic E-state index is 11.6. The van der Waals surface area contributed by atoms with Crippen LogP contribution in [0.4, 0.5) is 0 Å². The van der Waals surface area contributed by atoms with Crippen molar-refractivity contribution in [3.8, 4) is 0 Å². The van der Waals surface area contributed by atoms with Gasteiger partial charge in [-0.1, -0.05) is 6.42 Å². The molecule has 7 heteroatoms. The number of unbranched alkanes of at least 4 members (excludes halogenated alkanes) is 2. The van der Waals surface area contributed by atoms with Crippen molar-refractivity contribution >= 4 is 11.9 Å². The summed E-state index contributed by atoms with van der Waals surface area (Å²) in [4.78, 5) is 22.0. The largest absolute Gasteiger partial charge is 0.480 e. The maximum Gasteiger partial charge on any atom is 0.320 e. The molecule has 0 aliphatic carbocycles. The summed E-state index contributed by atoms with van der Waals surface area (Å²) >= 11 is 0. The molecule has 112 valence electrons. The van der Waals surface area contributed by atoms with Crippen molar-refractivity contribution < 1.29 is 14.7 Å². The van der Waals surface area contributed by atoms with E-state index in [9.17, 15) is 9.59 Å². The molecule has 0 saturated carbocycles. The van der Waals surface area contributed by atoms with Crippen LogP contribution in [-0.4, -0.2) is 42.2 Å². The predicted octanol–water partition coefficient (Wildman–Crippen LogP) is -0.859. The number of carboxylic acids is 1. The van der Waals surface area contributed by atoms with Crippen LogP contribution in [-0.2, 0) is 9.59 Å². The maximum absolute atomic E-state index is 11.6. The molecule has 19 heavy (non-hydrogen) atoms. The molecule has 0 bridgehead atoms. The van der Waals surface area contributed by atoms with E-state index in [-0.39, 0.29) is 5.91 Å². The van der Waals surface area contributed by atoms with Crippen LogP contribution < -0.4 is 22.5 Å². The summed E-state index contributed by atoms with van der Waals surface area (Å²) in [6.45, 7) is 1.11. The molecule has 0 spiro atoms. The standard InChI is InChI=1S/C12H26N4O3/c13-7-3-1-5-9(14)11(17)16-8-4-2-6-10(15)12(18)19/h9-10H,1-8,13-15H2,(H,16,17)(H,18,19)/t9-,10+/m0/s1. The van der Waals surface area contributed by atoms with Gasteiger partial charge in [0, 0.05) is 6.54 Å². The van der Waals surface area contributed by atoms with Gasteiger partial charge in [-0.25, -0.2) is 0 Å². The third-order valence-corrected chi connectivity index (χ3v) is 2.86. The van der Waals surface area contributed by atoms with Gasteiger partial charge >= 0.3 is 5.97 Å². The number of carboxylic acid groups (broad SMARTS) is 1. The van der Waals surface area contributed by atoms with Crippen molar-refractivity contribution in [1.29, 1.82) is 0 Å². The molecule has 0 aromatic carbocycles. The van der Waals surface area contributed by atoms with E-state index in [0.29, 0.717) is 38.8 Å². The molecule has 0 heterocycles. The van der Waals surface area contributed by atoms with E-state index < -0.39 is 18.1 Å². The van der Waals surface area contributed by atoms with Crippen LogP contribution in [0.15, 0.2) is 0 Å². The lowest BCUT2D eigenvalue weighted by Crippen LogP contribution is -2.41. The summed E-state index contributed by atoms with van der Waals surface area (Å²) < 4.78 is 0. The Hall–Kier alpha value is -1.18. The Bertz CT molecular complexity index is 274. The number of amides is 1. The zero-order valence-corrected chi connectivity index (χ0v) is 11.3. The summed E-state index contributed by atoms with van der Waals surface area (Å²) in [6, 6.07) is -1.32. The number of nitrogens with one attached hydrogen (secondary N) is 1. The topological polar surface area (TPSA) is 144 Å². The predicted molar refractivity (Wildman–Crippen MR) is 73.4 cm³/mol. The molecule has 0 aromatic heterocycles. The first-order chi connectivity index (χ1) is 8.99. The normalized spacial score (nSPS) is 13.8. The van der Waals surface area contributed by atoms with Gasteiger partial charge in [0.15, 0.2) is 0 Å². The van der Waals surface area contributed by atoms with Crippen LogP contribution in [0.3, 0.4) is 0 Å². The molecular weight excluding hydrogens is 248 g/mol. The summed E-state index contributed by atoms with van der Waals surface area (Å²) in [5, 5.41) is 11.3. The molecule has 0 unspecified atom stereocenters. The number of rotatable bonds is 11. The van der Waals surface area contributed by atoms with E-state index in [2.05, 4.69) is 5.32 Å². The summed E-state index contributed by atoms with van der Waals surface area (Å²) in [6.07, 6.45) is 4.12. The van der Waals surface area contributed by atoms with Crippen molar-refractivity contribution in [3.63, 3.8) is 0 Å². The zero-order valence-electron chi connectivity index (χ0n) is 11.3. The molecule has 0 aliphatic rings. The van der Waals surface area contributed by atoms with E-state index in [1.165, 1.54) is 0 Å². The highest BCUT2D eigenvalue weighted by Gasteiger charge is 2.13. The molecule has 0 radical (unpaired) electrons. The Morgan fingerprint density at radius 2 is 1.58 bits per heavy atom. The van der Waals surface area contributed by atoms with Crippen LogP contribution in [0.1, 0.15) is 38.5 Å². The van der Waals surface area contributed by atoms with Gasteiger partial charge in [-0.05, 0) is 38.6 Å². The van der Waals surface area contributed by atoms with E-state index in [1.54, 1.807) is 0 Å². The second-order valence-corrected chi connectivity index (χ2v) is 4.62. The lowest BCUT2D eigenvalue weighted by atomic mass is 10.1. The lowest BCUT2D eigenvalue weighted by molar-refractivity contribution is -0.138. The van der Waals surface area contributed by atoms with Crippen LogP contribution in [0.2, 0.25) is 0 Å². The number of carbonyl (C=O) groups excluding carboxylic acids is 1. The number of hydrogen-bond donors (Lipinski definition) is 5. The molecular formula is C12H26N4O3. The molecule has 0 fully saturated rings. The lowest BCUT2D eigenvalue weighted by Gasteiger charge is -2.12. The fourth-order valence-electron chi connectivity index (χ4n) is 1.60. The van der Waals surface area contributed by atoms with Gasteiger partial charge in [0.25, 0.3) is 0 Å². The molecule has 0 rings (SSSR count). The first-order valence-electron chi connectivity index (χ1n) is 6.70. The Kier molecular flexibility index (Phi) is 10.1. The average molecular weight is 274 g/mol. The SMILES string of the molecule is NCCCC[C@H](N)C(=O)NCCCC[C@@H](N)C(=O)O. The van der Waals surface area contributed by atoms with Crippen molar-refractivity contribution in [2.24, 2.45) is 17.2 Å². The number of nitrogens with two attached hydrogens (primary N) is 3. The van der Waals surface area contributed by atoms with Crippen molar-refractivity contribution in [3.05, 3.63) is 0 Å².